The third-order valence-corrected chi connectivity index (χ3v) is 3.97. The number of benzene rings is 1. The number of hydrogen-bond acceptors (Lipinski definition) is 4. The fourth-order valence-electron chi connectivity index (χ4n) is 2.46. The maximum absolute atomic E-state index is 13.6. The summed E-state index contributed by atoms with van der Waals surface area (Å²) in [6, 6.07) is 12.6. The lowest BCUT2D eigenvalue weighted by atomic mass is 10.1. The molecule has 2 aromatic rings. The lowest BCUT2D eigenvalue weighted by Crippen LogP contribution is -2.54. The molecule has 1 aliphatic heterocycles. The van der Waals surface area contributed by atoms with Crippen molar-refractivity contribution in [2.24, 2.45) is 0 Å². The number of likely N-dealkylation sites (tertiary alicyclic amines) is 1. The van der Waals surface area contributed by atoms with Gasteiger partial charge < -0.3 is 14.4 Å². The van der Waals surface area contributed by atoms with E-state index in [1.807, 2.05) is 30.3 Å². The second-order valence-corrected chi connectivity index (χ2v) is 5.73. The van der Waals surface area contributed by atoms with Crippen molar-refractivity contribution >= 4 is 6.09 Å². The molecule has 1 saturated heterocycles. The van der Waals surface area contributed by atoms with Gasteiger partial charge in [0, 0.05) is 12.2 Å². The van der Waals surface area contributed by atoms with Crippen LogP contribution in [-0.2, 0) is 11.3 Å². The molecule has 0 spiro atoms. The van der Waals surface area contributed by atoms with Gasteiger partial charge in [0.2, 0.25) is 0 Å². The first-order chi connectivity index (χ1) is 11.6. The Hall–Kier alpha value is -2.63. The topological polar surface area (TPSA) is 51.7 Å². The van der Waals surface area contributed by atoms with E-state index in [1.54, 1.807) is 24.0 Å². The van der Waals surface area contributed by atoms with Crippen LogP contribution in [0.3, 0.4) is 0 Å². The van der Waals surface area contributed by atoms with Crippen LogP contribution < -0.4 is 4.74 Å². The van der Waals surface area contributed by atoms with Crippen LogP contribution in [0.2, 0.25) is 0 Å². The van der Waals surface area contributed by atoms with Crippen molar-refractivity contribution < 1.29 is 18.7 Å². The van der Waals surface area contributed by atoms with Gasteiger partial charge in [-0.1, -0.05) is 30.3 Å². The van der Waals surface area contributed by atoms with Crippen molar-refractivity contribution in [1.29, 1.82) is 0 Å². The van der Waals surface area contributed by atoms with Crippen molar-refractivity contribution in [1.82, 2.24) is 9.88 Å². The van der Waals surface area contributed by atoms with Crippen LogP contribution in [0.1, 0.15) is 17.7 Å². The van der Waals surface area contributed by atoms with Crippen LogP contribution in [-0.4, -0.2) is 35.2 Å². The Bertz CT molecular complexity index is 709. The molecule has 5 nitrogen and oxygen atoms in total. The van der Waals surface area contributed by atoms with E-state index in [1.165, 1.54) is 0 Å². The van der Waals surface area contributed by atoms with E-state index >= 15 is 0 Å². The molecule has 3 rings (SSSR count). The molecule has 1 aromatic carbocycles. The number of pyridine rings is 1. The number of halogens is 1. The first kappa shape index (κ1) is 16.2. The highest BCUT2D eigenvalue weighted by atomic mass is 19.1. The Balaban J connectivity index is 1.48. The molecule has 0 radical (unpaired) electrons. The zero-order valence-electron chi connectivity index (χ0n) is 13.4. The van der Waals surface area contributed by atoms with E-state index in [2.05, 4.69) is 4.98 Å². The van der Waals surface area contributed by atoms with E-state index in [-0.39, 0.29) is 31.1 Å². The molecule has 1 atom stereocenters. The second-order valence-electron chi connectivity index (χ2n) is 5.73. The van der Waals surface area contributed by atoms with Crippen molar-refractivity contribution in [2.45, 2.75) is 26.0 Å². The molecule has 2 heterocycles. The molecule has 1 aromatic heterocycles. The summed E-state index contributed by atoms with van der Waals surface area (Å²) in [7, 11) is 0. The summed E-state index contributed by atoms with van der Waals surface area (Å²) < 4.78 is 24.4. The zero-order chi connectivity index (χ0) is 16.9. The highest BCUT2D eigenvalue weighted by Crippen LogP contribution is 2.22. The predicted octanol–water partition coefficient (Wildman–Crippen LogP) is 3.32. The maximum atomic E-state index is 13.6. The van der Waals surface area contributed by atoms with Crippen molar-refractivity contribution in [3.63, 3.8) is 0 Å². The lowest BCUT2D eigenvalue weighted by Gasteiger charge is -2.39. The number of amides is 1. The predicted molar refractivity (Wildman–Crippen MR) is 86.2 cm³/mol. The van der Waals surface area contributed by atoms with Crippen molar-refractivity contribution in [3.8, 4) is 5.75 Å². The second kappa shape index (κ2) is 7.29. The maximum Gasteiger partial charge on any atom is 0.410 e. The first-order valence-corrected chi connectivity index (χ1v) is 7.87. The molecule has 0 aliphatic carbocycles. The molecule has 0 N–H and O–H groups in total. The molecule has 0 bridgehead atoms. The molecule has 1 fully saturated rings. The zero-order valence-corrected chi connectivity index (χ0v) is 13.4. The van der Waals surface area contributed by atoms with Crippen molar-refractivity contribution in [2.75, 3.05) is 13.2 Å². The van der Waals surface area contributed by atoms with E-state index in [0.29, 0.717) is 12.2 Å². The van der Waals surface area contributed by atoms with Crippen LogP contribution in [0.15, 0.2) is 42.5 Å². The highest BCUT2D eigenvalue weighted by molar-refractivity contribution is 5.69. The Kier molecular flexibility index (Phi) is 4.93. The Morgan fingerprint density at radius 2 is 2.08 bits per heavy atom. The van der Waals surface area contributed by atoms with Gasteiger partial charge in [-0.2, -0.15) is 4.39 Å². The molecular weight excluding hydrogens is 311 g/mol. The van der Waals surface area contributed by atoms with Crippen LogP contribution in [0, 0.1) is 12.9 Å². The summed E-state index contributed by atoms with van der Waals surface area (Å²) in [5.74, 6) is -0.530. The van der Waals surface area contributed by atoms with Gasteiger partial charge in [0.15, 0.2) is 5.75 Å². The van der Waals surface area contributed by atoms with E-state index in [0.717, 1.165) is 12.0 Å². The van der Waals surface area contributed by atoms with Gasteiger partial charge >= 0.3 is 6.09 Å². The largest absolute Gasteiger partial charge is 0.487 e. The number of rotatable bonds is 5. The molecule has 0 unspecified atom stereocenters. The van der Waals surface area contributed by atoms with Gasteiger partial charge in [0.1, 0.15) is 13.2 Å². The third kappa shape index (κ3) is 3.82. The van der Waals surface area contributed by atoms with Gasteiger partial charge in [-0.3, -0.25) is 0 Å². The smallest absolute Gasteiger partial charge is 0.410 e. The van der Waals surface area contributed by atoms with Gasteiger partial charge in [-0.25, -0.2) is 9.78 Å². The average Bonchev–Trinajstić information content (AvgIpc) is 2.55. The number of carbonyl (C=O) groups is 1. The summed E-state index contributed by atoms with van der Waals surface area (Å²) in [5.41, 5.74) is 1.53. The Morgan fingerprint density at radius 1 is 1.29 bits per heavy atom. The lowest BCUT2D eigenvalue weighted by molar-refractivity contribution is 0.0253. The monoisotopic (exact) mass is 330 g/mol. The fourth-order valence-corrected chi connectivity index (χ4v) is 2.46. The minimum absolute atomic E-state index is 0.102. The highest BCUT2D eigenvalue weighted by Gasteiger charge is 2.34. The quantitative estimate of drug-likeness (QED) is 0.789. The fraction of sp³-hybridized carbons (Fsp3) is 0.333. The van der Waals surface area contributed by atoms with E-state index < -0.39 is 5.95 Å². The standard InChI is InChI=1S/C18H19FN2O3/c1-13-7-8-16(17(19)20-13)23-12-15-9-10-21(15)18(22)24-11-14-5-3-2-4-6-14/h2-8,15H,9-12H2,1H3/t15-/m0/s1. The minimum Gasteiger partial charge on any atom is -0.487 e. The summed E-state index contributed by atoms with van der Waals surface area (Å²) in [6.45, 7) is 2.79. The molecule has 6 heteroatoms. The van der Waals surface area contributed by atoms with Crippen LogP contribution in [0.4, 0.5) is 9.18 Å². The molecular formula is C18H19FN2O3. The normalized spacial score (nSPS) is 16.4. The molecule has 24 heavy (non-hydrogen) atoms. The minimum atomic E-state index is -0.632. The van der Waals surface area contributed by atoms with E-state index in [9.17, 15) is 9.18 Å². The molecule has 1 aliphatic rings. The number of ether oxygens (including phenoxy) is 2. The van der Waals surface area contributed by atoms with Gasteiger partial charge in [0.05, 0.1) is 6.04 Å². The summed E-state index contributed by atoms with van der Waals surface area (Å²) in [6.07, 6.45) is 0.433. The van der Waals surface area contributed by atoms with Crippen LogP contribution in [0.25, 0.3) is 0 Å². The number of aryl methyl sites for hydroxylation is 1. The molecule has 126 valence electrons. The van der Waals surface area contributed by atoms with Crippen LogP contribution >= 0.6 is 0 Å². The number of aromatic nitrogens is 1. The summed E-state index contributed by atoms with van der Waals surface area (Å²) in [5, 5.41) is 0. The van der Waals surface area contributed by atoms with Gasteiger partial charge in [-0.05, 0) is 31.0 Å². The third-order valence-electron chi connectivity index (χ3n) is 3.97. The van der Waals surface area contributed by atoms with E-state index in [4.69, 9.17) is 9.47 Å². The molecule has 1 amide bonds. The number of nitrogens with zero attached hydrogens (tertiary/aromatic N) is 2. The molecule has 0 saturated carbocycles. The van der Waals surface area contributed by atoms with Crippen molar-refractivity contribution in [3.05, 3.63) is 59.7 Å². The first-order valence-electron chi connectivity index (χ1n) is 7.87. The number of carbonyl (C=O) groups excluding carboxylic acids is 1. The van der Waals surface area contributed by atoms with Gasteiger partial charge in [-0.15, -0.1) is 0 Å². The van der Waals surface area contributed by atoms with Gasteiger partial charge in [0.25, 0.3) is 5.95 Å². The SMILES string of the molecule is Cc1ccc(OC[C@@H]2CCN2C(=O)OCc2ccccc2)c(F)n1. The Labute approximate surface area is 140 Å². The summed E-state index contributed by atoms with van der Waals surface area (Å²) in [4.78, 5) is 17.4. The Morgan fingerprint density at radius 3 is 2.75 bits per heavy atom. The average molecular weight is 330 g/mol. The number of hydrogen-bond donors (Lipinski definition) is 0. The van der Waals surface area contributed by atoms with Crippen LogP contribution in [0.5, 0.6) is 5.75 Å². The summed E-state index contributed by atoms with van der Waals surface area (Å²) >= 11 is 0.